The van der Waals surface area contributed by atoms with Crippen molar-refractivity contribution in [3.8, 4) is 0 Å². The van der Waals surface area contributed by atoms with Gasteiger partial charge in [0.25, 0.3) is 0 Å². The van der Waals surface area contributed by atoms with E-state index < -0.39 is 0 Å². The minimum Gasteiger partial charge on any atom is -0.392 e. The topological polar surface area (TPSA) is 61.4 Å². The fraction of sp³-hybridized carbons (Fsp3) is 0.500. The number of aliphatic hydroxyl groups is 1. The first-order valence-corrected chi connectivity index (χ1v) is 6.11. The molecule has 0 aliphatic rings. The minimum absolute atomic E-state index is 0.0131. The number of hydrogen-bond donors (Lipinski definition) is 3. The molecule has 0 saturated heterocycles. The van der Waals surface area contributed by atoms with Crippen molar-refractivity contribution in [3.05, 3.63) is 35.4 Å². The number of aliphatic hydroxyl groups excluding tert-OH is 1. The van der Waals surface area contributed by atoms with Crippen molar-refractivity contribution in [1.82, 2.24) is 10.6 Å². The van der Waals surface area contributed by atoms with E-state index in [4.69, 9.17) is 5.11 Å². The number of nitrogens with one attached hydrogen (secondary N) is 2. The average molecular weight is 250 g/mol. The van der Waals surface area contributed by atoms with Gasteiger partial charge in [-0.1, -0.05) is 24.3 Å². The molecule has 0 bridgehead atoms. The van der Waals surface area contributed by atoms with Gasteiger partial charge >= 0.3 is 0 Å². The van der Waals surface area contributed by atoms with Gasteiger partial charge in [0.15, 0.2) is 0 Å². The third-order valence-corrected chi connectivity index (χ3v) is 2.30. The van der Waals surface area contributed by atoms with Crippen LogP contribution in [0.2, 0.25) is 0 Å². The Morgan fingerprint density at radius 1 is 1.28 bits per heavy atom. The lowest BCUT2D eigenvalue weighted by Gasteiger charge is -2.20. The molecule has 18 heavy (non-hydrogen) atoms. The van der Waals surface area contributed by atoms with Gasteiger partial charge in [-0.3, -0.25) is 4.79 Å². The Kier molecular flexibility index (Phi) is 5.31. The van der Waals surface area contributed by atoms with Crippen LogP contribution in [-0.4, -0.2) is 23.1 Å². The number of rotatable bonds is 5. The Morgan fingerprint density at radius 2 is 1.94 bits per heavy atom. The van der Waals surface area contributed by atoms with Crippen LogP contribution < -0.4 is 10.6 Å². The van der Waals surface area contributed by atoms with E-state index >= 15 is 0 Å². The van der Waals surface area contributed by atoms with E-state index in [2.05, 4.69) is 10.6 Å². The molecule has 0 saturated carbocycles. The third-order valence-electron chi connectivity index (χ3n) is 2.30. The average Bonchev–Trinajstić information content (AvgIpc) is 2.27. The minimum atomic E-state index is -0.199. The fourth-order valence-corrected chi connectivity index (χ4v) is 1.62. The Morgan fingerprint density at radius 3 is 2.56 bits per heavy atom. The summed E-state index contributed by atoms with van der Waals surface area (Å²) in [6, 6.07) is 7.66. The molecule has 1 amide bonds. The summed E-state index contributed by atoms with van der Waals surface area (Å²) in [7, 11) is 0. The molecule has 0 radical (unpaired) electrons. The van der Waals surface area contributed by atoms with Crippen LogP contribution in [0.1, 0.15) is 31.9 Å². The largest absolute Gasteiger partial charge is 0.392 e. The monoisotopic (exact) mass is 250 g/mol. The highest BCUT2D eigenvalue weighted by atomic mass is 16.3. The molecule has 0 heterocycles. The van der Waals surface area contributed by atoms with Gasteiger partial charge in [0, 0.05) is 12.1 Å². The Labute approximate surface area is 108 Å². The van der Waals surface area contributed by atoms with Crippen LogP contribution in [0, 0.1) is 0 Å². The van der Waals surface area contributed by atoms with Gasteiger partial charge in [-0.15, -0.1) is 0 Å². The fourth-order valence-electron chi connectivity index (χ4n) is 1.62. The van der Waals surface area contributed by atoms with E-state index in [0.717, 1.165) is 11.1 Å². The lowest BCUT2D eigenvalue weighted by atomic mass is 10.1. The zero-order chi connectivity index (χ0) is 13.6. The van der Waals surface area contributed by atoms with Crippen molar-refractivity contribution >= 4 is 5.91 Å². The second-order valence-corrected chi connectivity index (χ2v) is 5.38. The lowest BCUT2D eigenvalue weighted by Crippen LogP contribution is -2.44. The predicted octanol–water partition coefficient (Wildman–Crippen LogP) is 1.18. The highest BCUT2D eigenvalue weighted by Crippen LogP contribution is 2.04. The molecule has 0 atom stereocenters. The van der Waals surface area contributed by atoms with Crippen molar-refractivity contribution < 1.29 is 9.90 Å². The Bertz CT molecular complexity index is 397. The summed E-state index contributed by atoms with van der Waals surface area (Å²) in [5.74, 6) is -0.0131. The maximum atomic E-state index is 11.6. The van der Waals surface area contributed by atoms with Crippen LogP contribution in [-0.2, 0) is 17.9 Å². The van der Waals surface area contributed by atoms with E-state index in [-0.39, 0.29) is 18.1 Å². The van der Waals surface area contributed by atoms with Gasteiger partial charge in [-0.2, -0.15) is 0 Å². The van der Waals surface area contributed by atoms with Crippen molar-refractivity contribution in [3.63, 3.8) is 0 Å². The standard InChI is InChI=1S/C14H22N2O2/c1-14(2,3)16-13(18)9-15-8-11-5-4-6-12(7-11)10-17/h4-7,15,17H,8-10H2,1-3H3,(H,16,18). The molecule has 0 aromatic heterocycles. The summed E-state index contributed by atoms with van der Waals surface area (Å²) in [6.45, 7) is 6.81. The molecule has 4 heteroatoms. The highest BCUT2D eigenvalue weighted by molar-refractivity contribution is 5.78. The number of amides is 1. The van der Waals surface area contributed by atoms with Crippen LogP contribution >= 0.6 is 0 Å². The van der Waals surface area contributed by atoms with Gasteiger partial charge in [-0.05, 0) is 31.9 Å². The van der Waals surface area contributed by atoms with Crippen molar-refractivity contribution in [2.45, 2.75) is 39.5 Å². The molecule has 0 aliphatic heterocycles. The summed E-state index contributed by atoms with van der Waals surface area (Å²) in [4.78, 5) is 11.6. The molecule has 1 aromatic carbocycles. The van der Waals surface area contributed by atoms with Crippen molar-refractivity contribution in [2.24, 2.45) is 0 Å². The predicted molar refractivity (Wildman–Crippen MR) is 72.0 cm³/mol. The van der Waals surface area contributed by atoms with Crippen LogP contribution in [0.25, 0.3) is 0 Å². The van der Waals surface area contributed by atoms with Gasteiger partial charge in [-0.25, -0.2) is 0 Å². The van der Waals surface area contributed by atoms with Crippen LogP contribution in [0.15, 0.2) is 24.3 Å². The number of carbonyl (C=O) groups is 1. The highest BCUT2D eigenvalue weighted by Gasteiger charge is 2.12. The van der Waals surface area contributed by atoms with Gasteiger partial charge in [0.1, 0.15) is 0 Å². The van der Waals surface area contributed by atoms with E-state index in [0.29, 0.717) is 13.1 Å². The van der Waals surface area contributed by atoms with Crippen LogP contribution in [0.5, 0.6) is 0 Å². The second-order valence-electron chi connectivity index (χ2n) is 5.38. The van der Waals surface area contributed by atoms with E-state index in [9.17, 15) is 4.79 Å². The third kappa shape index (κ3) is 5.80. The first kappa shape index (κ1) is 14.7. The first-order chi connectivity index (χ1) is 8.40. The molecule has 0 fully saturated rings. The zero-order valence-electron chi connectivity index (χ0n) is 11.3. The normalized spacial score (nSPS) is 11.3. The molecule has 3 N–H and O–H groups in total. The van der Waals surface area contributed by atoms with Crippen LogP contribution in [0.4, 0.5) is 0 Å². The first-order valence-electron chi connectivity index (χ1n) is 6.11. The number of hydrogen-bond acceptors (Lipinski definition) is 3. The molecule has 1 aromatic rings. The Hall–Kier alpha value is -1.39. The smallest absolute Gasteiger partial charge is 0.234 e. The van der Waals surface area contributed by atoms with Gasteiger partial charge in [0.2, 0.25) is 5.91 Å². The Balaban J connectivity index is 2.35. The SMILES string of the molecule is CC(C)(C)NC(=O)CNCc1cccc(CO)c1. The number of carbonyl (C=O) groups excluding carboxylic acids is 1. The second kappa shape index (κ2) is 6.52. The molecule has 100 valence electrons. The molecule has 0 aliphatic carbocycles. The molecule has 4 nitrogen and oxygen atoms in total. The molecular weight excluding hydrogens is 228 g/mol. The zero-order valence-corrected chi connectivity index (χ0v) is 11.3. The summed E-state index contributed by atoms with van der Waals surface area (Å²) in [5, 5.41) is 15.0. The number of benzene rings is 1. The summed E-state index contributed by atoms with van der Waals surface area (Å²) in [5.41, 5.74) is 1.74. The van der Waals surface area contributed by atoms with E-state index in [1.807, 2.05) is 45.0 Å². The maximum absolute atomic E-state index is 11.6. The quantitative estimate of drug-likeness (QED) is 0.735. The maximum Gasteiger partial charge on any atom is 0.234 e. The molecule has 0 spiro atoms. The van der Waals surface area contributed by atoms with Gasteiger partial charge < -0.3 is 15.7 Å². The summed E-state index contributed by atoms with van der Waals surface area (Å²) >= 11 is 0. The summed E-state index contributed by atoms with van der Waals surface area (Å²) < 4.78 is 0. The molecule has 0 unspecified atom stereocenters. The summed E-state index contributed by atoms with van der Waals surface area (Å²) in [6.07, 6.45) is 0. The lowest BCUT2D eigenvalue weighted by molar-refractivity contribution is -0.121. The van der Waals surface area contributed by atoms with E-state index in [1.54, 1.807) is 0 Å². The van der Waals surface area contributed by atoms with Crippen LogP contribution in [0.3, 0.4) is 0 Å². The molecular formula is C14H22N2O2. The van der Waals surface area contributed by atoms with Crippen molar-refractivity contribution in [1.29, 1.82) is 0 Å². The molecule has 1 rings (SSSR count). The van der Waals surface area contributed by atoms with Gasteiger partial charge in [0.05, 0.1) is 13.2 Å². The van der Waals surface area contributed by atoms with Crippen molar-refractivity contribution in [2.75, 3.05) is 6.54 Å². The van der Waals surface area contributed by atoms with E-state index in [1.165, 1.54) is 0 Å².